The van der Waals surface area contributed by atoms with E-state index in [4.69, 9.17) is 0 Å². The Balaban J connectivity index is 2.96. The molecule has 0 aromatic carbocycles. The van der Waals surface area contributed by atoms with Crippen LogP contribution in [0.5, 0.6) is 0 Å². The zero-order chi connectivity index (χ0) is 8.55. The lowest BCUT2D eigenvalue weighted by molar-refractivity contribution is -0.726. The highest BCUT2D eigenvalue weighted by atomic mass is 16.5. The van der Waals surface area contributed by atoms with E-state index in [0.717, 1.165) is 0 Å². The second-order valence-corrected chi connectivity index (χ2v) is 2.32. The average molecular weight is 163 g/mol. The van der Waals surface area contributed by atoms with Gasteiger partial charge in [0, 0.05) is 16.0 Å². The highest BCUT2D eigenvalue weighted by Crippen LogP contribution is 2.00. The molecule has 0 amide bonds. The van der Waals surface area contributed by atoms with Crippen LogP contribution in [0.15, 0.2) is 30.6 Å². The van der Waals surface area contributed by atoms with Crippen LogP contribution in [0.3, 0.4) is 0 Å². The SMILES string of the molecule is [O-][n+]1cccc2ccn[n+]([O-])c21. The van der Waals surface area contributed by atoms with E-state index in [2.05, 4.69) is 5.10 Å². The Bertz CT molecular complexity index is 393. The van der Waals surface area contributed by atoms with E-state index in [9.17, 15) is 10.4 Å². The van der Waals surface area contributed by atoms with Gasteiger partial charge in [-0.1, -0.05) is 0 Å². The number of hydrogen-bond donors (Lipinski definition) is 0. The number of aromatic nitrogens is 3. The molecule has 0 N–H and O–H groups in total. The molecule has 5 heteroatoms. The Morgan fingerprint density at radius 3 is 2.83 bits per heavy atom. The molecule has 0 spiro atoms. The van der Waals surface area contributed by atoms with Crippen molar-refractivity contribution in [2.75, 3.05) is 0 Å². The molecular weight excluding hydrogens is 158 g/mol. The maximum atomic E-state index is 11.1. The highest BCUT2D eigenvalue weighted by molar-refractivity contribution is 5.67. The third-order valence-electron chi connectivity index (χ3n) is 1.57. The molecule has 0 saturated carbocycles. The van der Waals surface area contributed by atoms with Crippen molar-refractivity contribution < 1.29 is 9.58 Å². The van der Waals surface area contributed by atoms with Gasteiger partial charge >= 0.3 is 5.65 Å². The van der Waals surface area contributed by atoms with Crippen LogP contribution in [0.2, 0.25) is 0 Å². The molecule has 0 unspecified atom stereocenters. The molecule has 0 aliphatic rings. The molecule has 0 aliphatic heterocycles. The predicted molar refractivity (Wildman–Crippen MR) is 39.7 cm³/mol. The fourth-order valence-corrected chi connectivity index (χ4v) is 1.05. The lowest BCUT2D eigenvalue weighted by Crippen LogP contribution is -2.43. The van der Waals surface area contributed by atoms with Crippen LogP contribution >= 0.6 is 0 Å². The summed E-state index contributed by atoms with van der Waals surface area (Å²) >= 11 is 0. The first-order chi connectivity index (χ1) is 5.79. The van der Waals surface area contributed by atoms with Gasteiger partial charge in [-0.05, 0) is 12.1 Å². The van der Waals surface area contributed by atoms with Gasteiger partial charge in [0.05, 0.1) is 6.20 Å². The van der Waals surface area contributed by atoms with E-state index in [-0.39, 0.29) is 5.65 Å². The molecule has 2 aromatic heterocycles. The number of nitrogens with zero attached hydrogens (tertiary/aromatic N) is 3. The van der Waals surface area contributed by atoms with Gasteiger partial charge in [-0.2, -0.15) is 0 Å². The molecule has 0 aliphatic carbocycles. The average Bonchev–Trinajstić information content (AvgIpc) is 2.04. The van der Waals surface area contributed by atoms with Crippen molar-refractivity contribution in [1.82, 2.24) is 5.10 Å². The molecule has 12 heavy (non-hydrogen) atoms. The Labute approximate surface area is 67.7 Å². The summed E-state index contributed by atoms with van der Waals surface area (Å²) in [5.41, 5.74) is 0.0139. The Morgan fingerprint density at radius 2 is 2.08 bits per heavy atom. The summed E-state index contributed by atoms with van der Waals surface area (Å²) < 4.78 is 0.495. The first-order valence-corrected chi connectivity index (χ1v) is 3.36. The lowest BCUT2D eigenvalue weighted by Gasteiger charge is -1.97. The fraction of sp³-hybridized carbons (Fsp3) is 0. The highest BCUT2D eigenvalue weighted by Gasteiger charge is 2.12. The molecule has 0 saturated heterocycles. The fourth-order valence-electron chi connectivity index (χ4n) is 1.05. The van der Waals surface area contributed by atoms with Crippen molar-refractivity contribution in [1.29, 1.82) is 0 Å². The zero-order valence-corrected chi connectivity index (χ0v) is 6.04. The van der Waals surface area contributed by atoms with E-state index in [1.165, 1.54) is 12.4 Å². The third kappa shape index (κ3) is 0.833. The van der Waals surface area contributed by atoms with Crippen LogP contribution in [0.25, 0.3) is 11.0 Å². The molecule has 2 aromatic rings. The Kier molecular flexibility index (Phi) is 1.30. The van der Waals surface area contributed by atoms with Crippen LogP contribution in [0.1, 0.15) is 0 Å². The van der Waals surface area contributed by atoms with Crippen molar-refractivity contribution in [3.63, 3.8) is 0 Å². The van der Waals surface area contributed by atoms with E-state index in [0.29, 0.717) is 15.0 Å². The van der Waals surface area contributed by atoms with Crippen molar-refractivity contribution in [2.45, 2.75) is 0 Å². The molecule has 2 rings (SSSR count). The van der Waals surface area contributed by atoms with Gasteiger partial charge in [0.25, 0.3) is 0 Å². The molecule has 0 radical (unpaired) electrons. The molecule has 0 atom stereocenters. The summed E-state index contributed by atoms with van der Waals surface area (Å²) in [6.07, 6.45) is 2.62. The third-order valence-corrected chi connectivity index (χ3v) is 1.57. The summed E-state index contributed by atoms with van der Waals surface area (Å²) in [5.74, 6) is 0. The lowest BCUT2D eigenvalue weighted by atomic mass is 10.3. The first kappa shape index (κ1) is 6.78. The summed E-state index contributed by atoms with van der Waals surface area (Å²) in [7, 11) is 0. The number of hydrogen-bond acceptors (Lipinski definition) is 3. The Hall–Kier alpha value is -1.91. The molecule has 0 fully saturated rings. The summed E-state index contributed by atoms with van der Waals surface area (Å²) in [5, 5.41) is 26.0. The largest absolute Gasteiger partial charge is 0.614 e. The van der Waals surface area contributed by atoms with Crippen LogP contribution < -0.4 is 9.58 Å². The van der Waals surface area contributed by atoms with Gasteiger partial charge < -0.3 is 10.4 Å². The van der Waals surface area contributed by atoms with Gasteiger partial charge in [-0.15, -0.1) is 4.73 Å². The van der Waals surface area contributed by atoms with Gasteiger partial charge in [-0.25, -0.2) is 0 Å². The second kappa shape index (κ2) is 2.30. The maximum Gasteiger partial charge on any atom is 0.499 e. The number of rotatable bonds is 0. The second-order valence-electron chi connectivity index (χ2n) is 2.32. The van der Waals surface area contributed by atoms with Crippen molar-refractivity contribution in [3.8, 4) is 0 Å². The molecule has 2 heterocycles. The van der Waals surface area contributed by atoms with Crippen LogP contribution in [-0.2, 0) is 0 Å². The van der Waals surface area contributed by atoms with E-state index >= 15 is 0 Å². The summed E-state index contributed by atoms with van der Waals surface area (Å²) in [4.78, 5) is 0.308. The monoisotopic (exact) mass is 163 g/mol. The van der Waals surface area contributed by atoms with Gasteiger partial charge in [0.15, 0.2) is 6.20 Å². The van der Waals surface area contributed by atoms with Crippen LogP contribution in [-0.4, -0.2) is 5.10 Å². The first-order valence-electron chi connectivity index (χ1n) is 3.36. The van der Waals surface area contributed by atoms with Gasteiger partial charge in [0.1, 0.15) is 5.39 Å². The molecular formula is C7H5N3O2. The van der Waals surface area contributed by atoms with Crippen molar-refractivity contribution in [2.24, 2.45) is 0 Å². The normalized spacial score (nSPS) is 10.3. The predicted octanol–water partition coefficient (Wildman–Crippen LogP) is -0.498. The minimum absolute atomic E-state index is 0.0139. The van der Waals surface area contributed by atoms with Crippen molar-refractivity contribution in [3.05, 3.63) is 41.0 Å². The molecule has 0 bridgehead atoms. The minimum atomic E-state index is 0.0139. The quantitative estimate of drug-likeness (QED) is 0.388. The van der Waals surface area contributed by atoms with E-state index in [1.54, 1.807) is 18.2 Å². The number of pyridine rings is 1. The minimum Gasteiger partial charge on any atom is -0.614 e. The van der Waals surface area contributed by atoms with E-state index < -0.39 is 0 Å². The smallest absolute Gasteiger partial charge is 0.499 e. The van der Waals surface area contributed by atoms with Crippen LogP contribution in [0, 0.1) is 10.4 Å². The number of fused-ring (bicyclic) bond motifs is 1. The van der Waals surface area contributed by atoms with Crippen LogP contribution in [0.4, 0.5) is 0 Å². The zero-order valence-electron chi connectivity index (χ0n) is 6.04. The maximum absolute atomic E-state index is 11.1. The van der Waals surface area contributed by atoms with Crippen molar-refractivity contribution >= 4 is 11.0 Å². The topological polar surface area (TPSA) is 66.8 Å². The molecule has 5 nitrogen and oxygen atoms in total. The van der Waals surface area contributed by atoms with E-state index in [1.807, 2.05) is 0 Å². The summed E-state index contributed by atoms with van der Waals surface area (Å²) in [6.45, 7) is 0. The van der Waals surface area contributed by atoms with Gasteiger partial charge in [-0.3, -0.25) is 0 Å². The standard InChI is InChI=1S/C7H5N3O2/c11-9-5-1-2-6-3-4-8-10(12)7(6)9/h1-5H. The molecule has 60 valence electrons. The summed E-state index contributed by atoms with van der Waals surface area (Å²) in [6, 6.07) is 4.87. The van der Waals surface area contributed by atoms with Gasteiger partial charge in [0.2, 0.25) is 0 Å². The Morgan fingerprint density at radius 1 is 1.25 bits per heavy atom.